The van der Waals surface area contributed by atoms with Gasteiger partial charge in [-0.15, -0.1) is 0 Å². The second-order valence-electron chi connectivity index (χ2n) is 6.32. The van der Waals surface area contributed by atoms with Gasteiger partial charge in [0, 0.05) is 25.6 Å². The second kappa shape index (κ2) is 8.62. The van der Waals surface area contributed by atoms with Crippen molar-refractivity contribution in [3.05, 3.63) is 28.8 Å². The summed E-state index contributed by atoms with van der Waals surface area (Å²) in [6, 6.07) is 5.88. The van der Waals surface area contributed by atoms with Crippen molar-refractivity contribution < 1.29 is 9.47 Å². The van der Waals surface area contributed by atoms with Crippen LogP contribution in [0.4, 0.5) is 0 Å². The number of hydrogen-bond acceptors (Lipinski definition) is 3. The molecule has 0 amide bonds. The maximum atomic E-state index is 6.27. The highest BCUT2D eigenvalue weighted by molar-refractivity contribution is 6.32. The highest BCUT2D eigenvalue weighted by Crippen LogP contribution is 2.29. The van der Waals surface area contributed by atoms with E-state index in [1.54, 1.807) is 7.11 Å². The van der Waals surface area contributed by atoms with Crippen molar-refractivity contribution in [3.63, 3.8) is 0 Å². The summed E-state index contributed by atoms with van der Waals surface area (Å²) in [7, 11) is 1.72. The molecule has 0 aliphatic rings. The van der Waals surface area contributed by atoms with Gasteiger partial charge in [-0.05, 0) is 32.4 Å². The van der Waals surface area contributed by atoms with Gasteiger partial charge in [0.1, 0.15) is 5.75 Å². The third-order valence-corrected chi connectivity index (χ3v) is 3.72. The first-order chi connectivity index (χ1) is 9.85. The fourth-order valence-corrected chi connectivity index (χ4v) is 2.10. The Morgan fingerprint density at radius 2 is 2.00 bits per heavy atom. The minimum Gasteiger partial charge on any atom is -0.492 e. The minimum absolute atomic E-state index is 0.183. The van der Waals surface area contributed by atoms with Crippen molar-refractivity contribution in [3.8, 4) is 5.75 Å². The van der Waals surface area contributed by atoms with Gasteiger partial charge in [-0.25, -0.2) is 0 Å². The molecule has 1 aromatic rings. The summed E-state index contributed by atoms with van der Waals surface area (Å²) in [5.74, 6) is 1.40. The third kappa shape index (κ3) is 6.68. The average molecular weight is 314 g/mol. The molecule has 0 radical (unpaired) electrons. The number of nitrogens with one attached hydrogen (secondary N) is 1. The maximum Gasteiger partial charge on any atom is 0.142 e. The van der Waals surface area contributed by atoms with Crippen molar-refractivity contribution in [1.29, 1.82) is 0 Å². The molecule has 0 bridgehead atoms. The lowest BCUT2D eigenvalue weighted by Crippen LogP contribution is -2.25. The molecule has 0 fully saturated rings. The summed E-state index contributed by atoms with van der Waals surface area (Å²) in [6.45, 7) is 10.8. The van der Waals surface area contributed by atoms with Crippen molar-refractivity contribution in [1.82, 2.24) is 5.32 Å². The number of rotatable bonds is 9. The molecule has 0 unspecified atom stereocenters. The smallest absolute Gasteiger partial charge is 0.142 e. The highest BCUT2D eigenvalue weighted by atomic mass is 35.5. The van der Waals surface area contributed by atoms with Crippen LogP contribution in [0.1, 0.15) is 39.7 Å². The summed E-state index contributed by atoms with van der Waals surface area (Å²) in [6.07, 6.45) is 0.813. The van der Waals surface area contributed by atoms with Gasteiger partial charge in [0.25, 0.3) is 0 Å². The van der Waals surface area contributed by atoms with E-state index in [1.165, 1.54) is 0 Å². The van der Waals surface area contributed by atoms with Gasteiger partial charge in [0.05, 0.1) is 17.2 Å². The van der Waals surface area contributed by atoms with Crippen LogP contribution < -0.4 is 10.1 Å². The molecule has 21 heavy (non-hydrogen) atoms. The Morgan fingerprint density at radius 3 is 2.62 bits per heavy atom. The van der Waals surface area contributed by atoms with E-state index in [-0.39, 0.29) is 5.60 Å². The Balaban J connectivity index is 2.63. The molecule has 0 spiro atoms. The number of benzene rings is 1. The number of ether oxygens (including phenoxy) is 2. The Morgan fingerprint density at radius 1 is 1.29 bits per heavy atom. The van der Waals surface area contributed by atoms with E-state index in [0.29, 0.717) is 17.5 Å². The van der Waals surface area contributed by atoms with Gasteiger partial charge in [0.15, 0.2) is 0 Å². The van der Waals surface area contributed by atoms with Crippen molar-refractivity contribution in [2.75, 3.05) is 20.3 Å². The predicted octanol–water partition coefficient (Wildman–Crippen LogP) is 4.28. The highest BCUT2D eigenvalue weighted by Gasteiger charge is 2.17. The summed E-state index contributed by atoms with van der Waals surface area (Å²) in [4.78, 5) is 0. The van der Waals surface area contributed by atoms with E-state index in [1.807, 2.05) is 26.0 Å². The molecule has 0 saturated carbocycles. The van der Waals surface area contributed by atoms with Crippen LogP contribution in [0.15, 0.2) is 18.2 Å². The van der Waals surface area contributed by atoms with Gasteiger partial charge in [-0.3, -0.25) is 0 Å². The molecule has 0 atom stereocenters. The standard InChI is InChI=1S/C17H28ClNO2/c1-13(2)11-19-12-14-7-6-8-15(18)16(14)21-10-9-17(3,4)20-5/h6-8,13,19H,9-12H2,1-5H3. The van der Waals surface area contributed by atoms with E-state index in [2.05, 4.69) is 25.2 Å². The fourth-order valence-electron chi connectivity index (χ4n) is 1.85. The summed E-state index contributed by atoms with van der Waals surface area (Å²) < 4.78 is 11.3. The molecule has 1 N–H and O–H groups in total. The van der Waals surface area contributed by atoms with Gasteiger partial charge in [-0.2, -0.15) is 0 Å². The number of halogens is 1. The van der Waals surface area contributed by atoms with Crippen LogP contribution in [0.3, 0.4) is 0 Å². The molecule has 1 aromatic carbocycles. The molecular weight excluding hydrogens is 286 g/mol. The molecule has 4 heteroatoms. The van der Waals surface area contributed by atoms with Gasteiger partial charge < -0.3 is 14.8 Å². The molecule has 0 saturated heterocycles. The van der Waals surface area contributed by atoms with Crippen LogP contribution in [0.2, 0.25) is 5.02 Å². The average Bonchev–Trinajstić information content (AvgIpc) is 2.41. The van der Waals surface area contributed by atoms with Gasteiger partial charge >= 0.3 is 0 Å². The van der Waals surface area contributed by atoms with Gasteiger partial charge in [-0.1, -0.05) is 37.6 Å². The van der Waals surface area contributed by atoms with Crippen LogP contribution >= 0.6 is 11.6 Å². The summed E-state index contributed by atoms with van der Waals surface area (Å²) >= 11 is 6.27. The predicted molar refractivity (Wildman–Crippen MR) is 89.2 cm³/mol. The first kappa shape index (κ1) is 18.3. The molecule has 3 nitrogen and oxygen atoms in total. The zero-order valence-electron chi connectivity index (χ0n) is 13.8. The van der Waals surface area contributed by atoms with E-state index >= 15 is 0 Å². The number of para-hydroxylation sites is 1. The molecule has 1 rings (SSSR count). The maximum absolute atomic E-state index is 6.27. The minimum atomic E-state index is -0.183. The van der Waals surface area contributed by atoms with Crippen molar-refractivity contribution in [2.24, 2.45) is 5.92 Å². The lowest BCUT2D eigenvalue weighted by atomic mass is 10.1. The summed E-state index contributed by atoms with van der Waals surface area (Å²) in [5, 5.41) is 4.08. The van der Waals surface area contributed by atoms with Gasteiger partial charge in [0.2, 0.25) is 0 Å². The fraction of sp³-hybridized carbons (Fsp3) is 0.647. The van der Waals surface area contributed by atoms with Crippen LogP contribution in [-0.4, -0.2) is 25.9 Å². The van der Waals surface area contributed by atoms with Crippen molar-refractivity contribution >= 4 is 11.6 Å². The monoisotopic (exact) mass is 313 g/mol. The molecular formula is C17H28ClNO2. The largest absolute Gasteiger partial charge is 0.492 e. The van der Waals surface area contributed by atoms with Crippen molar-refractivity contribution in [2.45, 2.75) is 46.3 Å². The molecule has 0 aliphatic carbocycles. The van der Waals surface area contributed by atoms with E-state index < -0.39 is 0 Å². The van der Waals surface area contributed by atoms with E-state index in [9.17, 15) is 0 Å². The molecule has 120 valence electrons. The second-order valence-corrected chi connectivity index (χ2v) is 6.72. The Kier molecular flexibility index (Phi) is 7.50. The van der Waals surface area contributed by atoms with Crippen LogP contribution in [0, 0.1) is 5.92 Å². The zero-order valence-corrected chi connectivity index (χ0v) is 14.6. The summed E-state index contributed by atoms with van der Waals surface area (Å²) in [5.41, 5.74) is 0.912. The number of methoxy groups -OCH3 is 1. The van der Waals surface area contributed by atoms with Crippen LogP contribution in [0.25, 0.3) is 0 Å². The number of hydrogen-bond donors (Lipinski definition) is 1. The van der Waals surface area contributed by atoms with Crippen LogP contribution in [-0.2, 0) is 11.3 Å². The first-order valence-electron chi connectivity index (χ1n) is 7.52. The van der Waals surface area contributed by atoms with E-state index in [0.717, 1.165) is 30.8 Å². The lowest BCUT2D eigenvalue weighted by Gasteiger charge is -2.23. The third-order valence-electron chi connectivity index (χ3n) is 3.42. The topological polar surface area (TPSA) is 30.5 Å². The quantitative estimate of drug-likeness (QED) is 0.738. The Hall–Kier alpha value is -0.770. The molecule has 0 aliphatic heterocycles. The Labute approximate surface area is 134 Å². The zero-order chi connectivity index (χ0) is 15.9. The Bertz CT molecular complexity index is 433. The SMILES string of the molecule is COC(C)(C)CCOc1c(Cl)cccc1CNCC(C)C. The molecule has 0 heterocycles. The van der Waals surface area contributed by atoms with E-state index in [4.69, 9.17) is 21.1 Å². The lowest BCUT2D eigenvalue weighted by molar-refractivity contribution is 0.00537. The first-order valence-corrected chi connectivity index (χ1v) is 7.89. The normalized spacial score (nSPS) is 12.0. The van der Waals surface area contributed by atoms with Crippen LogP contribution in [0.5, 0.6) is 5.75 Å². The molecule has 0 aromatic heterocycles.